The number of nitrogens with two attached hydrogens (primary N) is 1. The van der Waals surface area contributed by atoms with Crippen LogP contribution in [0.2, 0.25) is 0 Å². The van der Waals surface area contributed by atoms with E-state index >= 15 is 0 Å². The lowest BCUT2D eigenvalue weighted by Crippen LogP contribution is -2.24. The third-order valence-corrected chi connectivity index (χ3v) is 2.02. The van der Waals surface area contributed by atoms with Gasteiger partial charge in [0.1, 0.15) is 5.75 Å². The molecule has 0 aromatic heterocycles. The van der Waals surface area contributed by atoms with E-state index in [2.05, 4.69) is 5.32 Å². The van der Waals surface area contributed by atoms with Gasteiger partial charge in [-0.15, -0.1) is 0 Å². The summed E-state index contributed by atoms with van der Waals surface area (Å²) in [5.41, 5.74) is 5.43. The second-order valence-electron chi connectivity index (χ2n) is 3.76. The number of carboxylic acids is 1. The van der Waals surface area contributed by atoms with Crippen molar-refractivity contribution < 1.29 is 19.8 Å². The molecule has 6 heteroatoms. The monoisotopic (exact) mass is 238 g/mol. The van der Waals surface area contributed by atoms with Gasteiger partial charge in [-0.25, -0.2) is 4.79 Å². The summed E-state index contributed by atoms with van der Waals surface area (Å²) >= 11 is 0. The van der Waals surface area contributed by atoms with Crippen LogP contribution in [0.15, 0.2) is 18.2 Å². The highest BCUT2D eigenvalue weighted by Gasteiger charge is 2.13. The first kappa shape index (κ1) is 13.0. The third-order valence-electron chi connectivity index (χ3n) is 2.02. The number of hydrogen-bond acceptors (Lipinski definition) is 4. The molecule has 1 rings (SSSR count). The number of carboxylic acid groups (broad SMARTS) is 1. The molecule has 0 fully saturated rings. The van der Waals surface area contributed by atoms with Crippen LogP contribution in [0.4, 0.5) is 5.69 Å². The number of rotatable bonds is 4. The normalized spacial score (nSPS) is 11.9. The van der Waals surface area contributed by atoms with Crippen LogP contribution in [0.25, 0.3) is 0 Å². The summed E-state index contributed by atoms with van der Waals surface area (Å²) < 4.78 is 0. The van der Waals surface area contributed by atoms with Crippen molar-refractivity contribution in [1.82, 2.24) is 0 Å². The Kier molecular flexibility index (Phi) is 4.06. The molecular weight excluding hydrogens is 224 g/mol. The zero-order chi connectivity index (χ0) is 13.0. The first-order valence-electron chi connectivity index (χ1n) is 5.02. The first-order chi connectivity index (χ1) is 7.90. The predicted octanol–water partition coefficient (Wildman–Crippen LogP) is 0.766. The van der Waals surface area contributed by atoms with Crippen molar-refractivity contribution in [3.63, 3.8) is 0 Å². The average Bonchev–Trinajstić information content (AvgIpc) is 2.19. The van der Waals surface area contributed by atoms with Crippen LogP contribution in [0.5, 0.6) is 5.75 Å². The Bertz CT molecular complexity index is 443. The Morgan fingerprint density at radius 3 is 2.65 bits per heavy atom. The summed E-state index contributed by atoms with van der Waals surface area (Å²) in [5.74, 6) is -1.77. The minimum absolute atomic E-state index is 0.0972. The highest BCUT2D eigenvalue weighted by molar-refractivity contribution is 6.00. The minimum Gasteiger partial charge on any atom is -0.508 e. The maximum absolute atomic E-state index is 11.4. The van der Waals surface area contributed by atoms with E-state index < -0.39 is 5.97 Å². The smallest absolute Gasteiger partial charge is 0.337 e. The van der Waals surface area contributed by atoms with Gasteiger partial charge in [0, 0.05) is 12.5 Å². The zero-order valence-electron chi connectivity index (χ0n) is 9.30. The van der Waals surface area contributed by atoms with Crippen molar-refractivity contribution in [3.05, 3.63) is 23.8 Å². The number of amides is 1. The topological polar surface area (TPSA) is 113 Å². The number of hydrogen-bond donors (Lipinski definition) is 4. The van der Waals surface area contributed by atoms with E-state index in [1.54, 1.807) is 6.92 Å². The summed E-state index contributed by atoms with van der Waals surface area (Å²) in [5, 5.41) is 20.5. The fraction of sp³-hybridized carbons (Fsp3) is 0.273. The number of anilines is 1. The molecule has 1 amide bonds. The van der Waals surface area contributed by atoms with E-state index in [1.807, 2.05) is 0 Å². The molecule has 6 nitrogen and oxygen atoms in total. The molecule has 1 aromatic carbocycles. The van der Waals surface area contributed by atoms with Crippen molar-refractivity contribution >= 4 is 17.6 Å². The van der Waals surface area contributed by atoms with Crippen molar-refractivity contribution in [3.8, 4) is 5.75 Å². The predicted molar refractivity (Wildman–Crippen MR) is 62.0 cm³/mol. The fourth-order valence-corrected chi connectivity index (χ4v) is 1.31. The molecule has 0 aliphatic carbocycles. The van der Waals surface area contributed by atoms with Gasteiger partial charge in [-0.3, -0.25) is 4.79 Å². The van der Waals surface area contributed by atoms with Gasteiger partial charge >= 0.3 is 5.97 Å². The number of nitrogens with one attached hydrogen (secondary N) is 1. The Balaban J connectivity index is 2.91. The molecule has 0 bridgehead atoms. The molecule has 0 heterocycles. The second-order valence-corrected chi connectivity index (χ2v) is 3.76. The van der Waals surface area contributed by atoms with Gasteiger partial charge in [0.25, 0.3) is 0 Å². The number of phenolic OH excluding ortho intramolecular Hbond substituents is 1. The molecule has 0 aliphatic heterocycles. The van der Waals surface area contributed by atoms with Gasteiger partial charge in [-0.2, -0.15) is 0 Å². The van der Waals surface area contributed by atoms with E-state index in [0.717, 1.165) is 6.07 Å². The lowest BCUT2D eigenvalue weighted by molar-refractivity contribution is -0.116. The first-order valence-corrected chi connectivity index (χ1v) is 5.02. The molecule has 0 saturated heterocycles. The van der Waals surface area contributed by atoms with Crippen LogP contribution in [0.1, 0.15) is 23.7 Å². The average molecular weight is 238 g/mol. The second kappa shape index (κ2) is 5.31. The minimum atomic E-state index is -1.23. The highest BCUT2D eigenvalue weighted by Crippen LogP contribution is 2.21. The summed E-state index contributed by atoms with van der Waals surface area (Å²) in [4.78, 5) is 22.3. The molecular formula is C11H14N2O4. The highest BCUT2D eigenvalue weighted by atomic mass is 16.4. The largest absolute Gasteiger partial charge is 0.508 e. The van der Waals surface area contributed by atoms with Crippen molar-refractivity contribution in [2.45, 2.75) is 19.4 Å². The quantitative estimate of drug-likeness (QED) is 0.578. The van der Waals surface area contributed by atoms with Crippen molar-refractivity contribution in [2.75, 3.05) is 5.32 Å². The van der Waals surface area contributed by atoms with Gasteiger partial charge in [0.05, 0.1) is 11.3 Å². The zero-order valence-corrected chi connectivity index (χ0v) is 9.30. The van der Waals surface area contributed by atoms with E-state index in [-0.39, 0.29) is 35.4 Å². The maximum atomic E-state index is 11.4. The summed E-state index contributed by atoms with van der Waals surface area (Å²) in [7, 11) is 0. The third kappa shape index (κ3) is 3.76. The van der Waals surface area contributed by atoms with E-state index in [0.29, 0.717) is 0 Å². The number of benzene rings is 1. The molecule has 1 atom stereocenters. The van der Waals surface area contributed by atoms with Crippen LogP contribution in [0, 0.1) is 0 Å². The molecule has 0 spiro atoms. The van der Waals surface area contributed by atoms with Crippen LogP contribution >= 0.6 is 0 Å². The van der Waals surface area contributed by atoms with Gasteiger partial charge in [-0.05, 0) is 25.1 Å². The summed E-state index contributed by atoms with van der Waals surface area (Å²) in [6.45, 7) is 1.68. The van der Waals surface area contributed by atoms with E-state index in [1.165, 1.54) is 12.1 Å². The van der Waals surface area contributed by atoms with Crippen LogP contribution < -0.4 is 11.1 Å². The lowest BCUT2D eigenvalue weighted by atomic mass is 10.1. The SMILES string of the molecule is CC(N)CC(=O)Nc1ccc(O)cc1C(=O)O. The van der Waals surface area contributed by atoms with Crippen molar-refractivity contribution in [2.24, 2.45) is 5.73 Å². The Morgan fingerprint density at radius 2 is 2.12 bits per heavy atom. The molecule has 5 N–H and O–H groups in total. The standard InChI is InChI=1S/C11H14N2O4/c1-6(12)4-10(15)13-9-3-2-7(14)5-8(9)11(16)17/h2-3,5-6,14H,4,12H2,1H3,(H,13,15)(H,16,17). The van der Waals surface area contributed by atoms with Gasteiger partial charge in [-0.1, -0.05) is 0 Å². The van der Waals surface area contributed by atoms with Gasteiger partial charge in [0.15, 0.2) is 0 Å². The van der Waals surface area contributed by atoms with Crippen LogP contribution in [-0.2, 0) is 4.79 Å². The molecule has 1 unspecified atom stereocenters. The number of carbonyl (C=O) groups is 2. The summed E-state index contributed by atoms with van der Waals surface area (Å²) in [6, 6.07) is 3.40. The summed E-state index contributed by atoms with van der Waals surface area (Å²) in [6.07, 6.45) is 0.0972. The molecule has 92 valence electrons. The lowest BCUT2D eigenvalue weighted by Gasteiger charge is -2.10. The molecule has 0 saturated carbocycles. The molecule has 0 radical (unpaired) electrons. The number of phenols is 1. The number of aromatic hydroxyl groups is 1. The number of carbonyl (C=O) groups excluding carboxylic acids is 1. The maximum Gasteiger partial charge on any atom is 0.337 e. The molecule has 1 aromatic rings. The van der Waals surface area contributed by atoms with Gasteiger partial charge in [0.2, 0.25) is 5.91 Å². The molecule has 17 heavy (non-hydrogen) atoms. The van der Waals surface area contributed by atoms with Crippen molar-refractivity contribution in [1.29, 1.82) is 0 Å². The Morgan fingerprint density at radius 1 is 1.47 bits per heavy atom. The van der Waals surface area contributed by atoms with Gasteiger partial charge < -0.3 is 21.3 Å². The fourth-order valence-electron chi connectivity index (χ4n) is 1.31. The Labute approximate surface area is 98.1 Å². The van der Waals surface area contributed by atoms with E-state index in [4.69, 9.17) is 15.9 Å². The number of aromatic carboxylic acids is 1. The molecule has 0 aliphatic rings. The van der Waals surface area contributed by atoms with E-state index in [9.17, 15) is 9.59 Å². The Hall–Kier alpha value is -2.08. The van der Waals surface area contributed by atoms with Crippen LogP contribution in [-0.4, -0.2) is 28.1 Å². The van der Waals surface area contributed by atoms with Crippen LogP contribution in [0.3, 0.4) is 0 Å².